The van der Waals surface area contributed by atoms with Crippen LogP contribution in [0.15, 0.2) is 30.3 Å². The van der Waals surface area contributed by atoms with Gasteiger partial charge in [0.1, 0.15) is 17.2 Å². The number of alkyl halides is 1. The van der Waals surface area contributed by atoms with Crippen LogP contribution in [0.1, 0.15) is 11.5 Å². The molecule has 2 aromatic heterocycles. The summed E-state index contributed by atoms with van der Waals surface area (Å²) in [6, 6.07) is 8.30. The number of pyridine rings is 1. The molecule has 0 aliphatic carbocycles. The maximum atomic E-state index is 14.3. The van der Waals surface area contributed by atoms with E-state index in [4.69, 9.17) is 23.2 Å². The molecular formula is C15H12Cl2FN3. The van der Waals surface area contributed by atoms with Gasteiger partial charge in [0.25, 0.3) is 0 Å². The Balaban J connectivity index is 2.32. The normalized spacial score (nSPS) is 11.2. The Bertz CT molecular complexity index is 814. The molecular weight excluding hydrogens is 312 g/mol. The van der Waals surface area contributed by atoms with Gasteiger partial charge in [-0.2, -0.15) is 0 Å². The number of nitrogens with zero attached hydrogens (tertiary/aromatic N) is 3. The van der Waals surface area contributed by atoms with Crippen molar-refractivity contribution in [3.8, 4) is 5.69 Å². The molecule has 0 fully saturated rings. The zero-order chi connectivity index (χ0) is 15.0. The Morgan fingerprint density at radius 3 is 2.71 bits per heavy atom. The Hall–Kier alpha value is -1.65. The quantitative estimate of drug-likeness (QED) is 0.673. The molecule has 1 aromatic carbocycles. The van der Waals surface area contributed by atoms with Gasteiger partial charge in [0, 0.05) is 23.0 Å². The van der Waals surface area contributed by atoms with Gasteiger partial charge in [0.15, 0.2) is 5.65 Å². The molecule has 0 spiro atoms. The van der Waals surface area contributed by atoms with Crippen molar-refractivity contribution in [3.05, 3.63) is 52.7 Å². The van der Waals surface area contributed by atoms with Crippen LogP contribution >= 0.6 is 23.2 Å². The van der Waals surface area contributed by atoms with Gasteiger partial charge in [-0.05, 0) is 37.3 Å². The van der Waals surface area contributed by atoms with Gasteiger partial charge in [-0.15, -0.1) is 11.6 Å². The number of rotatable bonds is 3. The smallest absolute Gasteiger partial charge is 0.165 e. The summed E-state index contributed by atoms with van der Waals surface area (Å²) in [5.41, 5.74) is 2.56. The number of benzene rings is 1. The number of hydrogen-bond donors (Lipinski definition) is 0. The number of halogens is 3. The second-order valence-electron chi connectivity index (χ2n) is 4.69. The number of imidazole rings is 1. The fraction of sp³-hybridized carbons (Fsp3) is 0.200. The SMILES string of the molecule is Cc1ccc2nc(CCCl)n(-c3ccc(Cl)cc3F)c2n1. The van der Waals surface area contributed by atoms with Crippen molar-refractivity contribution in [2.75, 3.05) is 5.88 Å². The average molecular weight is 324 g/mol. The fourth-order valence-corrected chi connectivity index (χ4v) is 2.59. The third-order valence-corrected chi connectivity index (χ3v) is 3.61. The van der Waals surface area contributed by atoms with Crippen molar-refractivity contribution in [2.24, 2.45) is 0 Å². The van der Waals surface area contributed by atoms with Gasteiger partial charge in [-0.1, -0.05) is 11.6 Å². The van der Waals surface area contributed by atoms with Crippen LogP contribution < -0.4 is 0 Å². The molecule has 0 radical (unpaired) electrons. The number of aromatic nitrogens is 3. The minimum Gasteiger partial charge on any atom is -0.278 e. The van der Waals surface area contributed by atoms with E-state index in [1.165, 1.54) is 6.07 Å². The first kappa shape index (κ1) is 14.3. The predicted octanol–water partition coefficient (Wildman–Crippen LogP) is 4.30. The number of aryl methyl sites for hydroxylation is 2. The summed E-state index contributed by atoms with van der Waals surface area (Å²) in [5, 5.41) is 0.351. The van der Waals surface area contributed by atoms with E-state index in [-0.39, 0.29) is 0 Å². The topological polar surface area (TPSA) is 30.7 Å². The molecule has 2 heterocycles. The Morgan fingerprint density at radius 2 is 2.00 bits per heavy atom. The van der Waals surface area contributed by atoms with E-state index in [1.54, 1.807) is 16.7 Å². The molecule has 0 amide bonds. The van der Waals surface area contributed by atoms with Crippen molar-refractivity contribution in [2.45, 2.75) is 13.3 Å². The maximum absolute atomic E-state index is 14.3. The van der Waals surface area contributed by atoms with E-state index in [0.29, 0.717) is 34.5 Å². The molecule has 3 aromatic rings. The Kier molecular flexibility index (Phi) is 3.83. The highest BCUT2D eigenvalue weighted by Crippen LogP contribution is 2.25. The monoisotopic (exact) mass is 323 g/mol. The molecule has 3 rings (SSSR count). The molecule has 3 nitrogen and oxygen atoms in total. The Labute approximate surface area is 131 Å². The molecule has 0 unspecified atom stereocenters. The van der Waals surface area contributed by atoms with Crippen molar-refractivity contribution in [1.29, 1.82) is 0 Å². The van der Waals surface area contributed by atoms with Gasteiger partial charge >= 0.3 is 0 Å². The van der Waals surface area contributed by atoms with Crippen LogP contribution in [0, 0.1) is 12.7 Å². The van der Waals surface area contributed by atoms with Crippen molar-refractivity contribution >= 4 is 34.4 Å². The zero-order valence-electron chi connectivity index (χ0n) is 11.3. The van der Waals surface area contributed by atoms with Gasteiger partial charge in [0.05, 0.1) is 5.69 Å². The molecule has 6 heteroatoms. The van der Waals surface area contributed by atoms with Crippen LogP contribution in [0.5, 0.6) is 0 Å². The minimum atomic E-state index is -0.416. The molecule has 0 atom stereocenters. The number of hydrogen-bond acceptors (Lipinski definition) is 2. The van der Waals surface area contributed by atoms with Crippen LogP contribution in [0.3, 0.4) is 0 Å². The highest BCUT2D eigenvalue weighted by molar-refractivity contribution is 6.30. The molecule has 108 valence electrons. The largest absolute Gasteiger partial charge is 0.278 e. The van der Waals surface area contributed by atoms with Crippen molar-refractivity contribution in [3.63, 3.8) is 0 Å². The molecule has 0 saturated carbocycles. The highest BCUT2D eigenvalue weighted by atomic mass is 35.5. The summed E-state index contributed by atoms with van der Waals surface area (Å²) < 4.78 is 16.0. The van der Waals surface area contributed by atoms with E-state index < -0.39 is 5.82 Å². The third-order valence-electron chi connectivity index (χ3n) is 3.18. The minimum absolute atomic E-state index is 0.351. The molecule has 0 saturated heterocycles. The van der Waals surface area contributed by atoms with Gasteiger partial charge in [0.2, 0.25) is 0 Å². The Morgan fingerprint density at radius 1 is 1.19 bits per heavy atom. The molecule has 0 N–H and O–H groups in total. The van der Waals surface area contributed by atoms with Crippen LogP contribution in [0.4, 0.5) is 4.39 Å². The van der Waals surface area contributed by atoms with Crippen LogP contribution in [-0.2, 0) is 6.42 Å². The lowest BCUT2D eigenvalue weighted by molar-refractivity contribution is 0.616. The van der Waals surface area contributed by atoms with Gasteiger partial charge in [-0.25, -0.2) is 14.4 Å². The maximum Gasteiger partial charge on any atom is 0.165 e. The van der Waals surface area contributed by atoms with E-state index in [0.717, 1.165) is 11.2 Å². The summed E-state index contributed by atoms with van der Waals surface area (Å²) in [5.74, 6) is 0.664. The average Bonchev–Trinajstić information content (AvgIpc) is 2.77. The fourth-order valence-electron chi connectivity index (χ4n) is 2.27. The molecule has 0 bridgehead atoms. The first-order valence-corrected chi connectivity index (χ1v) is 7.38. The van der Waals surface area contributed by atoms with Crippen molar-refractivity contribution in [1.82, 2.24) is 14.5 Å². The summed E-state index contributed by atoms with van der Waals surface area (Å²) in [6.07, 6.45) is 0.527. The van der Waals surface area contributed by atoms with Crippen LogP contribution in [-0.4, -0.2) is 20.4 Å². The molecule has 21 heavy (non-hydrogen) atoms. The molecule has 0 aliphatic heterocycles. The first-order chi connectivity index (χ1) is 10.1. The molecule has 0 aliphatic rings. The second kappa shape index (κ2) is 5.62. The highest BCUT2D eigenvalue weighted by Gasteiger charge is 2.16. The van der Waals surface area contributed by atoms with E-state index in [2.05, 4.69) is 9.97 Å². The lowest BCUT2D eigenvalue weighted by Gasteiger charge is -2.09. The van der Waals surface area contributed by atoms with Crippen LogP contribution in [0.2, 0.25) is 5.02 Å². The summed E-state index contributed by atoms with van der Waals surface area (Å²) >= 11 is 11.7. The first-order valence-electron chi connectivity index (χ1n) is 6.46. The zero-order valence-corrected chi connectivity index (χ0v) is 12.8. The van der Waals surface area contributed by atoms with E-state index in [9.17, 15) is 4.39 Å². The predicted molar refractivity (Wildman–Crippen MR) is 83.0 cm³/mol. The van der Waals surface area contributed by atoms with Crippen LogP contribution in [0.25, 0.3) is 16.9 Å². The van der Waals surface area contributed by atoms with Gasteiger partial charge < -0.3 is 0 Å². The van der Waals surface area contributed by atoms with Crippen molar-refractivity contribution < 1.29 is 4.39 Å². The summed E-state index contributed by atoms with van der Waals surface area (Å²) in [7, 11) is 0. The second-order valence-corrected chi connectivity index (χ2v) is 5.51. The lowest BCUT2D eigenvalue weighted by Crippen LogP contribution is -2.05. The number of fused-ring (bicyclic) bond motifs is 1. The third kappa shape index (κ3) is 2.61. The summed E-state index contributed by atoms with van der Waals surface area (Å²) in [6.45, 7) is 1.89. The summed E-state index contributed by atoms with van der Waals surface area (Å²) in [4.78, 5) is 8.98. The van der Waals surface area contributed by atoms with E-state index >= 15 is 0 Å². The van der Waals surface area contributed by atoms with E-state index in [1.807, 2.05) is 19.1 Å². The van der Waals surface area contributed by atoms with Gasteiger partial charge in [-0.3, -0.25) is 4.57 Å². The lowest BCUT2D eigenvalue weighted by atomic mass is 10.3. The standard InChI is InChI=1S/C15H12Cl2FN3/c1-9-2-4-12-15(19-9)21(14(20-12)6-7-16)13-5-3-10(17)8-11(13)18/h2-5,8H,6-7H2,1H3.